The van der Waals surface area contributed by atoms with Gasteiger partial charge in [0.1, 0.15) is 5.82 Å². The molecule has 0 spiro atoms. The summed E-state index contributed by atoms with van der Waals surface area (Å²) in [5.41, 5.74) is 2.25. The second-order valence-corrected chi connectivity index (χ2v) is 10.5. The number of piperidine rings is 1. The number of anilines is 1. The summed E-state index contributed by atoms with van der Waals surface area (Å²) in [5.74, 6) is 1.52. The number of benzene rings is 2. The number of ether oxygens (including phenoxy) is 1. The largest absolute Gasteiger partial charge is 0.379 e. The number of amides is 1. The van der Waals surface area contributed by atoms with Crippen molar-refractivity contribution in [3.05, 3.63) is 57.5 Å². The van der Waals surface area contributed by atoms with Crippen molar-refractivity contribution in [3.8, 4) is 5.82 Å². The third-order valence-electron chi connectivity index (χ3n) is 6.99. The molecule has 4 heterocycles. The second-order valence-electron chi connectivity index (χ2n) is 9.31. The van der Waals surface area contributed by atoms with Gasteiger partial charge in [0.05, 0.1) is 44.3 Å². The van der Waals surface area contributed by atoms with Gasteiger partial charge in [0, 0.05) is 31.0 Å². The zero-order chi connectivity index (χ0) is 24.8. The minimum atomic E-state index is -0.0267. The molecule has 186 valence electrons. The summed E-state index contributed by atoms with van der Waals surface area (Å²) in [6.07, 6.45) is 2.35. The normalized spacial score (nSPS) is 18.9. The summed E-state index contributed by atoms with van der Waals surface area (Å²) in [7, 11) is 0. The molecule has 2 aromatic heterocycles. The van der Waals surface area contributed by atoms with Gasteiger partial charge in [0.2, 0.25) is 11.9 Å². The fourth-order valence-electron chi connectivity index (χ4n) is 5.03. The Hall–Kier alpha value is -2.58. The van der Waals surface area contributed by atoms with Gasteiger partial charge < -0.3 is 15.0 Å². The van der Waals surface area contributed by atoms with Crippen LogP contribution in [0.25, 0.3) is 27.8 Å². The molecule has 2 aromatic carbocycles. The quantitative estimate of drug-likeness (QED) is 0.359. The van der Waals surface area contributed by atoms with Crippen molar-refractivity contribution in [2.75, 3.05) is 31.2 Å². The maximum absolute atomic E-state index is 12.8. The number of nitrogens with zero attached hydrogens (tertiary/aromatic N) is 4. The smallest absolute Gasteiger partial charge is 0.223 e. The van der Waals surface area contributed by atoms with E-state index in [9.17, 15) is 4.79 Å². The van der Waals surface area contributed by atoms with Gasteiger partial charge in [-0.05, 0) is 49.6 Å². The van der Waals surface area contributed by atoms with Crippen molar-refractivity contribution in [3.63, 3.8) is 0 Å². The average Bonchev–Trinajstić information content (AvgIpc) is 3.52. The highest BCUT2D eigenvalue weighted by Gasteiger charge is 2.30. The van der Waals surface area contributed by atoms with Crippen LogP contribution in [0.3, 0.4) is 0 Å². The number of hydrogen-bond donors (Lipinski definition) is 1. The van der Waals surface area contributed by atoms with E-state index in [-0.39, 0.29) is 17.9 Å². The van der Waals surface area contributed by atoms with Crippen molar-refractivity contribution < 1.29 is 9.53 Å². The Balaban J connectivity index is 1.35. The molecule has 4 aromatic rings. The first-order valence-electron chi connectivity index (χ1n) is 12.0. The number of pyridine rings is 1. The minimum absolute atomic E-state index is 0.0267. The highest BCUT2D eigenvalue weighted by Crippen LogP contribution is 2.35. The van der Waals surface area contributed by atoms with E-state index in [4.69, 9.17) is 49.5 Å². The lowest BCUT2D eigenvalue weighted by atomic mass is 9.95. The Bertz CT molecular complexity index is 1460. The summed E-state index contributed by atoms with van der Waals surface area (Å²) < 4.78 is 7.38. The minimum Gasteiger partial charge on any atom is -0.379 e. The van der Waals surface area contributed by atoms with E-state index < -0.39 is 0 Å². The molecule has 1 N–H and O–H groups in total. The van der Waals surface area contributed by atoms with Gasteiger partial charge in [-0.2, -0.15) is 0 Å². The Morgan fingerprint density at radius 2 is 1.78 bits per heavy atom. The van der Waals surface area contributed by atoms with Crippen LogP contribution in [0.5, 0.6) is 0 Å². The molecule has 1 amide bonds. The number of aromatic nitrogens is 3. The molecule has 1 atom stereocenters. The third-order valence-corrected chi connectivity index (χ3v) is 8.02. The number of fused-ring (bicyclic) bond motifs is 2. The number of carbonyl (C=O) groups excluding carboxylic acids is 1. The van der Waals surface area contributed by atoms with E-state index in [0.29, 0.717) is 47.2 Å². The zero-order valence-electron chi connectivity index (χ0n) is 19.4. The van der Waals surface area contributed by atoms with Crippen LogP contribution in [0.15, 0.2) is 42.5 Å². The van der Waals surface area contributed by atoms with E-state index >= 15 is 0 Å². The van der Waals surface area contributed by atoms with Gasteiger partial charge in [-0.15, -0.1) is 0 Å². The van der Waals surface area contributed by atoms with Gasteiger partial charge in [-0.3, -0.25) is 9.36 Å². The number of halogens is 3. The molecule has 2 saturated heterocycles. The number of carbonyl (C=O) groups is 1. The van der Waals surface area contributed by atoms with Crippen molar-refractivity contribution in [1.82, 2.24) is 19.9 Å². The molecule has 36 heavy (non-hydrogen) atoms. The van der Waals surface area contributed by atoms with Gasteiger partial charge >= 0.3 is 0 Å². The topological polar surface area (TPSA) is 72.3 Å². The van der Waals surface area contributed by atoms with Crippen LogP contribution in [0.2, 0.25) is 15.1 Å². The molecule has 2 aliphatic rings. The lowest BCUT2D eigenvalue weighted by Gasteiger charge is -2.32. The van der Waals surface area contributed by atoms with E-state index in [1.54, 1.807) is 6.07 Å². The van der Waals surface area contributed by atoms with Gasteiger partial charge in [0.15, 0.2) is 0 Å². The molecule has 0 saturated carbocycles. The van der Waals surface area contributed by atoms with Crippen molar-refractivity contribution in [2.24, 2.45) is 5.92 Å². The molecule has 7 nitrogen and oxygen atoms in total. The molecule has 0 unspecified atom stereocenters. The molecule has 10 heteroatoms. The summed E-state index contributed by atoms with van der Waals surface area (Å²) >= 11 is 19.2. The molecule has 0 bridgehead atoms. The summed E-state index contributed by atoms with van der Waals surface area (Å²) in [4.78, 5) is 24.8. The van der Waals surface area contributed by atoms with Gasteiger partial charge in [-0.25, -0.2) is 9.97 Å². The van der Waals surface area contributed by atoms with Crippen LogP contribution in [0.1, 0.15) is 19.3 Å². The van der Waals surface area contributed by atoms with Crippen LogP contribution in [-0.4, -0.2) is 52.8 Å². The standard InChI is InChI=1S/C26H24Cl3N5O2/c27-18-3-1-2-15-4-5-23(32-24(15)18)34-22-13-20(29)19(28)12-21(22)31-26(34)33-9-6-16(7-10-33)25(35)30-17-8-11-36-14-17/h1-5,12-13,16-17H,6-11,14H2,(H,30,35)/t17-/m1/s1. The third kappa shape index (κ3) is 4.39. The molecule has 6 rings (SSSR count). The van der Waals surface area contributed by atoms with Crippen molar-refractivity contribution in [1.29, 1.82) is 0 Å². The number of hydrogen-bond acceptors (Lipinski definition) is 5. The SMILES string of the molecule is O=C(N[C@@H]1CCOC1)C1CCN(c2nc3cc(Cl)c(Cl)cc3n2-c2ccc3cccc(Cl)c3n2)CC1. The first kappa shape index (κ1) is 23.8. The molecule has 2 aliphatic heterocycles. The molecular formula is C26H24Cl3N5O2. The van der Waals surface area contributed by atoms with Gasteiger partial charge in [-0.1, -0.05) is 46.9 Å². The molecule has 2 fully saturated rings. The lowest BCUT2D eigenvalue weighted by Crippen LogP contribution is -2.44. The first-order valence-corrected chi connectivity index (χ1v) is 13.2. The Morgan fingerprint density at radius 1 is 0.972 bits per heavy atom. The van der Waals surface area contributed by atoms with E-state index in [1.165, 1.54) is 0 Å². The zero-order valence-corrected chi connectivity index (χ0v) is 21.7. The number of imidazole rings is 1. The van der Waals surface area contributed by atoms with Crippen LogP contribution >= 0.6 is 34.8 Å². The molecular weight excluding hydrogens is 521 g/mol. The Labute approximate surface area is 223 Å². The van der Waals surface area contributed by atoms with Crippen LogP contribution in [0.4, 0.5) is 5.95 Å². The van der Waals surface area contributed by atoms with E-state index in [1.807, 2.05) is 41.0 Å². The second kappa shape index (κ2) is 9.71. The monoisotopic (exact) mass is 543 g/mol. The highest BCUT2D eigenvalue weighted by molar-refractivity contribution is 6.42. The fraction of sp³-hybridized carbons (Fsp3) is 0.346. The van der Waals surface area contributed by atoms with Crippen LogP contribution in [0, 0.1) is 5.92 Å². The van der Waals surface area contributed by atoms with Crippen LogP contribution < -0.4 is 10.2 Å². The average molecular weight is 545 g/mol. The Morgan fingerprint density at radius 3 is 2.56 bits per heavy atom. The molecule has 0 radical (unpaired) electrons. The Kier molecular flexibility index (Phi) is 6.42. The lowest BCUT2D eigenvalue weighted by molar-refractivity contribution is -0.126. The summed E-state index contributed by atoms with van der Waals surface area (Å²) in [5, 5.41) is 5.57. The van der Waals surface area contributed by atoms with Crippen molar-refractivity contribution in [2.45, 2.75) is 25.3 Å². The fourth-order valence-corrected chi connectivity index (χ4v) is 5.57. The highest BCUT2D eigenvalue weighted by atomic mass is 35.5. The maximum Gasteiger partial charge on any atom is 0.223 e. The predicted octanol–water partition coefficient (Wildman–Crippen LogP) is 5.66. The number of para-hydroxylation sites is 1. The number of nitrogens with one attached hydrogen (secondary N) is 1. The first-order chi connectivity index (χ1) is 17.5. The van der Waals surface area contributed by atoms with Crippen molar-refractivity contribution >= 4 is 68.6 Å². The molecule has 0 aliphatic carbocycles. The van der Waals surface area contributed by atoms with Gasteiger partial charge in [0.25, 0.3) is 0 Å². The maximum atomic E-state index is 12.8. The predicted molar refractivity (Wildman–Crippen MR) is 144 cm³/mol. The summed E-state index contributed by atoms with van der Waals surface area (Å²) in [6, 6.07) is 13.4. The number of rotatable bonds is 4. The van der Waals surface area contributed by atoms with E-state index in [2.05, 4.69) is 10.2 Å². The van der Waals surface area contributed by atoms with Crippen LogP contribution in [-0.2, 0) is 9.53 Å². The van der Waals surface area contributed by atoms with E-state index in [0.717, 1.165) is 47.1 Å². The summed E-state index contributed by atoms with van der Waals surface area (Å²) in [6.45, 7) is 2.70.